The highest BCUT2D eigenvalue weighted by atomic mass is 32.1. The van der Waals surface area contributed by atoms with Crippen molar-refractivity contribution in [2.45, 2.75) is 32.6 Å². The van der Waals surface area contributed by atoms with E-state index in [-0.39, 0.29) is 5.91 Å². The molecule has 0 spiro atoms. The Morgan fingerprint density at radius 3 is 2.74 bits per heavy atom. The Balaban J connectivity index is 1.48. The van der Waals surface area contributed by atoms with Crippen LogP contribution in [0, 0.1) is 5.92 Å². The summed E-state index contributed by atoms with van der Waals surface area (Å²) in [5, 5.41) is 5.17. The number of thiophene rings is 1. The molecule has 0 aliphatic heterocycles. The van der Waals surface area contributed by atoms with Gasteiger partial charge in [0.25, 0.3) is 0 Å². The van der Waals surface area contributed by atoms with E-state index < -0.39 is 0 Å². The fourth-order valence-electron chi connectivity index (χ4n) is 4.14. The fourth-order valence-corrected chi connectivity index (χ4v) is 6.68. The lowest BCUT2D eigenvalue weighted by Crippen LogP contribution is -2.14. The summed E-state index contributed by atoms with van der Waals surface area (Å²) in [5.74, 6) is 1.47. The fraction of sp³-hybridized carbons (Fsp3) is 0.280. The van der Waals surface area contributed by atoms with Gasteiger partial charge in [-0.25, -0.2) is 4.98 Å². The van der Waals surface area contributed by atoms with Gasteiger partial charge in [-0.05, 0) is 60.6 Å². The number of hydrogen-bond acceptors (Lipinski definition) is 5. The number of nitrogens with zero attached hydrogens (tertiary/aromatic N) is 1. The van der Waals surface area contributed by atoms with E-state index in [0.717, 1.165) is 45.2 Å². The van der Waals surface area contributed by atoms with Crippen LogP contribution >= 0.6 is 22.7 Å². The van der Waals surface area contributed by atoms with Crippen LogP contribution in [-0.2, 0) is 24.1 Å². The average molecular weight is 449 g/mol. The first-order chi connectivity index (χ1) is 15.1. The van der Waals surface area contributed by atoms with Gasteiger partial charge in [-0.3, -0.25) is 4.79 Å². The Bertz CT molecular complexity index is 1210. The summed E-state index contributed by atoms with van der Waals surface area (Å²) in [7, 11) is 1.64. The van der Waals surface area contributed by atoms with E-state index in [1.54, 1.807) is 29.8 Å². The van der Waals surface area contributed by atoms with Crippen molar-refractivity contribution in [1.82, 2.24) is 4.98 Å². The first kappa shape index (κ1) is 20.2. The second-order valence-electron chi connectivity index (χ2n) is 8.12. The van der Waals surface area contributed by atoms with Crippen molar-refractivity contribution in [2.24, 2.45) is 5.92 Å². The maximum Gasteiger partial charge on any atom is 0.229 e. The van der Waals surface area contributed by atoms with Gasteiger partial charge in [-0.2, -0.15) is 0 Å². The summed E-state index contributed by atoms with van der Waals surface area (Å²) in [5.41, 5.74) is 4.50. The van der Waals surface area contributed by atoms with E-state index in [1.165, 1.54) is 21.6 Å². The molecule has 0 saturated carbocycles. The Hall–Kier alpha value is -2.70. The van der Waals surface area contributed by atoms with Gasteiger partial charge < -0.3 is 10.1 Å². The number of carbonyl (C=O) groups excluding carboxylic acids is 1. The molecule has 0 bridgehead atoms. The number of thiazole rings is 1. The van der Waals surface area contributed by atoms with E-state index in [0.29, 0.717) is 12.3 Å². The van der Waals surface area contributed by atoms with Crippen LogP contribution in [0.4, 0.5) is 5.00 Å². The zero-order chi connectivity index (χ0) is 21.4. The third-order valence-corrected chi connectivity index (χ3v) is 8.02. The van der Waals surface area contributed by atoms with Crippen LogP contribution in [0.3, 0.4) is 0 Å². The molecule has 1 aliphatic carbocycles. The number of aromatic nitrogens is 1. The van der Waals surface area contributed by atoms with Crippen molar-refractivity contribution < 1.29 is 9.53 Å². The Morgan fingerprint density at radius 1 is 1.16 bits per heavy atom. The molecule has 2 aromatic heterocycles. The molecule has 1 N–H and O–H groups in total. The number of amides is 1. The van der Waals surface area contributed by atoms with Crippen molar-refractivity contribution in [3.8, 4) is 16.3 Å². The molecule has 1 unspecified atom stereocenters. The molecule has 1 amide bonds. The van der Waals surface area contributed by atoms with Crippen molar-refractivity contribution in [2.75, 3.05) is 12.4 Å². The van der Waals surface area contributed by atoms with Crippen LogP contribution in [0.2, 0.25) is 0 Å². The summed E-state index contributed by atoms with van der Waals surface area (Å²) in [6.07, 6.45) is 3.64. The first-order valence-corrected chi connectivity index (χ1v) is 12.2. The minimum absolute atomic E-state index is 0.000765. The number of fused-ring (bicyclic) bond motifs is 2. The lowest BCUT2D eigenvalue weighted by atomic mass is 9.88. The lowest BCUT2D eigenvalue weighted by Gasteiger charge is -2.18. The van der Waals surface area contributed by atoms with E-state index in [2.05, 4.69) is 24.4 Å². The van der Waals surface area contributed by atoms with E-state index >= 15 is 0 Å². The predicted octanol–water partition coefficient (Wildman–Crippen LogP) is 6.34. The zero-order valence-electron chi connectivity index (χ0n) is 17.6. The Labute approximate surface area is 189 Å². The summed E-state index contributed by atoms with van der Waals surface area (Å²) in [6, 6.07) is 15.9. The van der Waals surface area contributed by atoms with Crippen LogP contribution in [0.5, 0.6) is 5.75 Å². The second kappa shape index (κ2) is 8.44. The molecule has 158 valence electrons. The maximum absolute atomic E-state index is 12.9. The SMILES string of the molecule is COc1ccc(CC(=O)Nc2sc3c(c2-c2nc4ccccc4s2)CCC(C)C3)cc1. The van der Waals surface area contributed by atoms with E-state index in [1.807, 2.05) is 36.4 Å². The Morgan fingerprint density at radius 2 is 1.97 bits per heavy atom. The molecule has 1 aliphatic rings. The maximum atomic E-state index is 12.9. The normalized spacial score (nSPS) is 15.6. The molecular weight excluding hydrogens is 424 g/mol. The van der Waals surface area contributed by atoms with Crippen LogP contribution in [0.1, 0.15) is 29.3 Å². The van der Waals surface area contributed by atoms with Crippen LogP contribution in [0.15, 0.2) is 48.5 Å². The standard InChI is InChI=1S/C25H24N2O2S2/c1-15-7-12-18-21(13-15)31-25(23(18)24-26-19-5-3-4-6-20(19)30-24)27-22(28)14-16-8-10-17(29-2)11-9-16/h3-6,8-11,15H,7,12-14H2,1-2H3,(H,27,28). The summed E-state index contributed by atoms with van der Waals surface area (Å²) in [6.45, 7) is 2.31. The van der Waals surface area contributed by atoms with Gasteiger partial charge in [-0.15, -0.1) is 22.7 Å². The highest BCUT2D eigenvalue weighted by Crippen LogP contribution is 2.47. The third kappa shape index (κ3) is 4.10. The number of nitrogens with one attached hydrogen (secondary N) is 1. The minimum atomic E-state index is -0.000765. The van der Waals surface area contributed by atoms with E-state index in [9.17, 15) is 4.79 Å². The largest absolute Gasteiger partial charge is 0.497 e. The van der Waals surface area contributed by atoms with Gasteiger partial charge >= 0.3 is 0 Å². The quantitative estimate of drug-likeness (QED) is 0.388. The number of ether oxygens (including phenoxy) is 1. The van der Waals surface area contributed by atoms with Crippen molar-refractivity contribution >= 4 is 43.8 Å². The minimum Gasteiger partial charge on any atom is -0.497 e. The molecule has 0 fully saturated rings. The number of carbonyl (C=O) groups is 1. The van der Waals surface area contributed by atoms with Gasteiger partial charge in [0.05, 0.1) is 23.7 Å². The molecule has 2 aromatic carbocycles. The molecule has 4 nitrogen and oxygen atoms in total. The molecule has 0 saturated heterocycles. The second-order valence-corrected chi connectivity index (χ2v) is 10.3. The molecule has 31 heavy (non-hydrogen) atoms. The van der Waals surface area contributed by atoms with Gasteiger partial charge in [-0.1, -0.05) is 31.2 Å². The number of methoxy groups -OCH3 is 1. The molecular formula is C25H24N2O2S2. The number of hydrogen-bond donors (Lipinski definition) is 1. The number of anilines is 1. The molecule has 1 atom stereocenters. The van der Waals surface area contributed by atoms with Crippen molar-refractivity contribution in [1.29, 1.82) is 0 Å². The van der Waals surface area contributed by atoms with Gasteiger partial charge in [0.2, 0.25) is 5.91 Å². The van der Waals surface area contributed by atoms with Gasteiger partial charge in [0.1, 0.15) is 15.8 Å². The highest BCUT2D eigenvalue weighted by Gasteiger charge is 2.27. The van der Waals surface area contributed by atoms with E-state index in [4.69, 9.17) is 9.72 Å². The smallest absolute Gasteiger partial charge is 0.229 e. The van der Waals surface area contributed by atoms with Crippen molar-refractivity contribution in [3.05, 3.63) is 64.5 Å². The van der Waals surface area contributed by atoms with Gasteiger partial charge in [0, 0.05) is 10.4 Å². The summed E-state index contributed by atoms with van der Waals surface area (Å²) >= 11 is 3.44. The number of benzene rings is 2. The molecule has 5 rings (SSSR count). The van der Waals surface area contributed by atoms with Crippen LogP contribution < -0.4 is 10.1 Å². The van der Waals surface area contributed by atoms with Crippen LogP contribution in [-0.4, -0.2) is 18.0 Å². The molecule has 2 heterocycles. The number of para-hydroxylation sites is 1. The van der Waals surface area contributed by atoms with Gasteiger partial charge in [0.15, 0.2) is 0 Å². The zero-order valence-corrected chi connectivity index (χ0v) is 19.2. The summed E-state index contributed by atoms with van der Waals surface area (Å²) < 4.78 is 6.39. The third-order valence-electron chi connectivity index (χ3n) is 5.80. The number of rotatable bonds is 5. The predicted molar refractivity (Wildman–Crippen MR) is 129 cm³/mol. The average Bonchev–Trinajstić information content (AvgIpc) is 3.34. The molecule has 0 radical (unpaired) electrons. The highest BCUT2D eigenvalue weighted by molar-refractivity contribution is 7.22. The first-order valence-electron chi connectivity index (χ1n) is 10.5. The van der Waals surface area contributed by atoms with Crippen molar-refractivity contribution in [3.63, 3.8) is 0 Å². The molecule has 4 aromatic rings. The monoisotopic (exact) mass is 448 g/mol. The summed E-state index contributed by atoms with van der Waals surface area (Å²) in [4.78, 5) is 19.2. The molecule has 6 heteroatoms. The topological polar surface area (TPSA) is 51.2 Å². The lowest BCUT2D eigenvalue weighted by molar-refractivity contribution is -0.115. The Kier molecular flexibility index (Phi) is 5.50. The van der Waals surface area contributed by atoms with Crippen LogP contribution in [0.25, 0.3) is 20.8 Å².